The second-order valence-corrected chi connectivity index (χ2v) is 8.90. The summed E-state index contributed by atoms with van der Waals surface area (Å²) >= 11 is 0. The van der Waals surface area contributed by atoms with Crippen LogP contribution in [0.4, 0.5) is 5.69 Å². The average Bonchev–Trinajstić information content (AvgIpc) is 2.97. The van der Waals surface area contributed by atoms with Crippen LogP contribution in [0.25, 0.3) is 0 Å². The summed E-state index contributed by atoms with van der Waals surface area (Å²) < 4.78 is 5.96. The van der Waals surface area contributed by atoms with Gasteiger partial charge in [-0.25, -0.2) is 0 Å². The van der Waals surface area contributed by atoms with Crippen molar-refractivity contribution in [2.75, 3.05) is 11.5 Å². The number of carbonyl (C=O) groups excluding carboxylic acids is 1. The number of rotatable bonds is 8. The van der Waals surface area contributed by atoms with Crippen molar-refractivity contribution in [3.8, 4) is 5.75 Å². The van der Waals surface area contributed by atoms with Gasteiger partial charge in [-0.1, -0.05) is 80.6 Å². The number of nitrogens with one attached hydrogen (secondary N) is 1. The number of carboxylic acids is 1. The Morgan fingerprint density at radius 2 is 1.68 bits per heavy atom. The highest BCUT2D eigenvalue weighted by Crippen LogP contribution is 2.32. The second-order valence-electron chi connectivity index (χ2n) is 8.90. The van der Waals surface area contributed by atoms with Crippen LogP contribution in [-0.4, -0.2) is 35.7 Å². The van der Waals surface area contributed by atoms with Crippen LogP contribution in [0.5, 0.6) is 5.75 Å². The van der Waals surface area contributed by atoms with Crippen molar-refractivity contribution < 1.29 is 19.4 Å². The standard InChI is InChI=1S/C28H30N2O4/c1-19(2)22-14-12-21(13-15-22)17-30-25-10-6-7-11-26(25)34-18-24(27(30)31)29-23(28(32)33)16-20-8-4-3-5-9-20/h3-15,19,23-24,29H,16-18H2,1-2H3,(H,32,33)/t23-,24?/m1/s1. The molecule has 176 valence electrons. The Kier molecular flexibility index (Phi) is 7.28. The maximum atomic E-state index is 13.7. The van der Waals surface area contributed by atoms with Gasteiger partial charge in [0.05, 0.1) is 12.2 Å². The summed E-state index contributed by atoms with van der Waals surface area (Å²) in [4.78, 5) is 27.4. The van der Waals surface area contributed by atoms with Gasteiger partial charge >= 0.3 is 5.97 Å². The third-order valence-electron chi connectivity index (χ3n) is 6.10. The van der Waals surface area contributed by atoms with Crippen molar-refractivity contribution >= 4 is 17.6 Å². The molecule has 1 aliphatic rings. The Morgan fingerprint density at radius 3 is 2.35 bits per heavy atom. The molecule has 6 nitrogen and oxygen atoms in total. The lowest BCUT2D eigenvalue weighted by Gasteiger charge is -2.27. The molecule has 0 spiro atoms. The second kappa shape index (κ2) is 10.5. The highest BCUT2D eigenvalue weighted by molar-refractivity contribution is 5.99. The Balaban J connectivity index is 1.59. The van der Waals surface area contributed by atoms with Crippen molar-refractivity contribution in [1.29, 1.82) is 0 Å². The molecule has 34 heavy (non-hydrogen) atoms. The fourth-order valence-corrected chi connectivity index (χ4v) is 4.14. The number of carboxylic acid groups (broad SMARTS) is 1. The van der Waals surface area contributed by atoms with E-state index in [-0.39, 0.29) is 18.9 Å². The SMILES string of the molecule is CC(C)c1ccc(CN2C(=O)C(N[C@H](Cc3ccccc3)C(=O)O)COc3ccccc32)cc1. The molecule has 0 aromatic heterocycles. The number of benzene rings is 3. The zero-order valence-electron chi connectivity index (χ0n) is 19.5. The van der Waals surface area contributed by atoms with Crippen LogP contribution in [0.1, 0.15) is 36.5 Å². The third kappa shape index (κ3) is 5.46. The average molecular weight is 459 g/mol. The van der Waals surface area contributed by atoms with Gasteiger partial charge in [0.2, 0.25) is 5.91 Å². The number of nitrogens with zero attached hydrogens (tertiary/aromatic N) is 1. The molecule has 2 N–H and O–H groups in total. The first-order valence-corrected chi connectivity index (χ1v) is 11.6. The van der Waals surface area contributed by atoms with Crippen LogP contribution >= 0.6 is 0 Å². The van der Waals surface area contributed by atoms with Gasteiger partial charge < -0.3 is 14.7 Å². The maximum absolute atomic E-state index is 13.7. The fraction of sp³-hybridized carbons (Fsp3) is 0.286. The normalized spacial score (nSPS) is 16.5. The minimum Gasteiger partial charge on any atom is -0.489 e. The van der Waals surface area contributed by atoms with Gasteiger partial charge in [0.15, 0.2) is 0 Å². The van der Waals surface area contributed by atoms with E-state index in [2.05, 4.69) is 31.3 Å². The molecule has 3 aromatic rings. The first kappa shape index (κ1) is 23.5. The zero-order chi connectivity index (χ0) is 24.1. The number of carbonyl (C=O) groups is 2. The number of para-hydroxylation sites is 2. The molecule has 1 aliphatic heterocycles. The Labute approximate surface area is 200 Å². The summed E-state index contributed by atoms with van der Waals surface area (Å²) in [5.41, 5.74) is 3.79. The smallest absolute Gasteiger partial charge is 0.321 e. The predicted octanol–water partition coefficient (Wildman–Crippen LogP) is 4.39. The summed E-state index contributed by atoms with van der Waals surface area (Å²) in [6.07, 6.45) is 0.267. The molecular formula is C28H30N2O4. The van der Waals surface area contributed by atoms with Crippen molar-refractivity contribution in [1.82, 2.24) is 5.32 Å². The van der Waals surface area contributed by atoms with Crippen LogP contribution in [0.15, 0.2) is 78.9 Å². The van der Waals surface area contributed by atoms with Gasteiger partial charge in [0, 0.05) is 0 Å². The topological polar surface area (TPSA) is 78.9 Å². The number of amides is 1. The number of hydrogen-bond acceptors (Lipinski definition) is 4. The van der Waals surface area contributed by atoms with E-state index in [0.29, 0.717) is 23.9 Å². The van der Waals surface area contributed by atoms with Crippen molar-refractivity contribution in [2.45, 2.75) is 44.8 Å². The molecule has 0 aliphatic carbocycles. The largest absolute Gasteiger partial charge is 0.489 e. The molecule has 1 unspecified atom stereocenters. The lowest BCUT2D eigenvalue weighted by molar-refractivity contribution is -0.140. The van der Waals surface area contributed by atoms with Gasteiger partial charge in [-0.3, -0.25) is 14.9 Å². The van der Waals surface area contributed by atoms with E-state index in [1.165, 1.54) is 5.56 Å². The molecular weight excluding hydrogens is 428 g/mol. The molecule has 1 amide bonds. The van der Waals surface area contributed by atoms with Crippen molar-refractivity contribution in [3.63, 3.8) is 0 Å². The number of ether oxygens (including phenoxy) is 1. The predicted molar refractivity (Wildman–Crippen MR) is 132 cm³/mol. The van der Waals surface area contributed by atoms with Crippen LogP contribution < -0.4 is 15.0 Å². The molecule has 0 radical (unpaired) electrons. The summed E-state index contributed by atoms with van der Waals surface area (Å²) in [6.45, 7) is 4.71. The maximum Gasteiger partial charge on any atom is 0.321 e. The highest BCUT2D eigenvalue weighted by atomic mass is 16.5. The van der Waals surface area contributed by atoms with Gasteiger partial charge in [0.25, 0.3) is 0 Å². The van der Waals surface area contributed by atoms with Gasteiger partial charge in [0.1, 0.15) is 24.4 Å². The zero-order valence-corrected chi connectivity index (χ0v) is 19.5. The molecule has 0 bridgehead atoms. The van der Waals surface area contributed by atoms with Crippen LogP contribution in [0, 0.1) is 0 Å². The van der Waals surface area contributed by atoms with E-state index in [9.17, 15) is 14.7 Å². The van der Waals surface area contributed by atoms with Gasteiger partial charge in [-0.15, -0.1) is 0 Å². The lowest BCUT2D eigenvalue weighted by Crippen LogP contribution is -2.54. The van der Waals surface area contributed by atoms with Gasteiger partial charge in [-0.2, -0.15) is 0 Å². The van der Waals surface area contributed by atoms with Crippen molar-refractivity contribution in [2.24, 2.45) is 0 Å². The first-order valence-electron chi connectivity index (χ1n) is 11.6. The number of fused-ring (bicyclic) bond motifs is 1. The molecule has 0 saturated heterocycles. The van der Waals surface area contributed by atoms with E-state index in [1.807, 2.05) is 66.7 Å². The number of anilines is 1. The summed E-state index contributed by atoms with van der Waals surface area (Å²) in [7, 11) is 0. The Bertz CT molecular complexity index is 1130. The van der Waals surface area contributed by atoms with Crippen LogP contribution in [0.2, 0.25) is 0 Å². The molecule has 3 aromatic carbocycles. The van der Waals surface area contributed by atoms with Crippen LogP contribution in [0.3, 0.4) is 0 Å². The minimum absolute atomic E-state index is 0.0528. The molecule has 1 heterocycles. The monoisotopic (exact) mass is 458 g/mol. The molecule has 6 heteroatoms. The first-order chi connectivity index (χ1) is 16.4. The Morgan fingerprint density at radius 1 is 1.00 bits per heavy atom. The molecule has 0 fully saturated rings. The highest BCUT2D eigenvalue weighted by Gasteiger charge is 2.34. The molecule has 2 atom stereocenters. The molecule has 4 rings (SSSR count). The minimum atomic E-state index is -1.01. The van der Waals surface area contributed by atoms with Crippen molar-refractivity contribution in [3.05, 3.63) is 95.6 Å². The van der Waals surface area contributed by atoms with E-state index in [1.54, 1.807) is 4.90 Å². The van der Waals surface area contributed by atoms with E-state index in [0.717, 1.165) is 11.1 Å². The lowest BCUT2D eigenvalue weighted by atomic mass is 10.0. The Hall–Kier alpha value is -3.64. The fourth-order valence-electron chi connectivity index (χ4n) is 4.14. The van der Waals surface area contributed by atoms with E-state index < -0.39 is 18.1 Å². The number of aliphatic carboxylic acids is 1. The van der Waals surface area contributed by atoms with Crippen LogP contribution in [-0.2, 0) is 22.6 Å². The molecule has 0 saturated carbocycles. The summed E-state index contributed by atoms with van der Waals surface area (Å²) in [5.74, 6) is -0.186. The van der Waals surface area contributed by atoms with E-state index in [4.69, 9.17) is 4.74 Å². The number of hydrogen-bond donors (Lipinski definition) is 2. The summed E-state index contributed by atoms with van der Waals surface area (Å²) in [5, 5.41) is 12.9. The summed E-state index contributed by atoms with van der Waals surface area (Å²) in [6, 6.07) is 23.3. The van der Waals surface area contributed by atoms with E-state index >= 15 is 0 Å². The quantitative estimate of drug-likeness (QED) is 0.523. The third-order valence-corrected chi connectivity index (χ3v) is 6.10. The van der Waals surface area contributed by atoms with Gasteiger partial charge in [-0.05, 0) is 41.2 Å².